The van der Waals surface area contributed by atoms with E-state index in [9.17, 15) is 9.59 Å². The fourth-order valence-electron chi connectivity index (χ4n) is 1.96. The van der Waals surface area contributed by atoms with Crippen molar-refractivity contribution in [2.24, 2.45) is 0 Å². The van der Waals surface area contributed by atoms with Crippen LogP contribution < -0.4 is 16.4 Å². The molecule has 0 saturated heterocycles. The number of hydrogen-bond acceptors (Lipinski definition) is 5. The summed E-state index contributed by atoms with van der Waals surface area (Å²) in [6.45, 7) is 2.01. The zero-order valence-electron chi connectivity index (χ0n) is 10.6. The fourth-order valence-corrected chi connectivity index (χ4v) is 2.61. The number of H-pyrrole nitrogens is 2. The van der Waals surface area contributed by atoms with Gasteiger partial charge in [-0.2, -0.15) is 0 Å². The highest BCUT2D eigenvalue weighted by atomic mass is 32.1. The third-order valence-electron chi connectivity index (χ3n) is 3.00. The van der Waals surface area contributed by atoms with Gasteiger partial charge in [-0.1, -0.05) is 0 Å². The first-order valence-electron chi connectivity index (χ1n) is 6.04. The Morgan fingerprint density at radius 1 is 1.20 bits per heavy atom. The molecule has 20 heavy (non-hydrogen) atoms. The van der Waals surface area contributed by atoms with Gasteiger partial charge in [0.05, 0.1) is 28.3 Å². The summed E-state index contributed by atoms with van der Waals surface area (Å²) in [6, 6.07) is 5.45. The second kappa shape index (κ2) is 4.93. The van der Waals surface area contributed by atoms with Gasteiger partial charge in [0.25, 0.3) is 0 Å². The lowest BCUT2D eigenvalue weighted by Crippen LogP contribution is -2.28. The van der Waals surface area contributed by atoms with Gasteiger partial charge < -0.3 is 15.3 Å². The predicted octanol–water partition coefficient (Wildman–Crippen LogP) is 1.85. The maximum atomic E-state index is 11.3. The lowest BCUT2D eigenvalue weighted by atomic mass is 10.2. The van der Waals surface area contributed by atoms with Gasteiger partial charge in [0.1, 0.15) is 0 Å². The highest BCUT2D eigenvalue weighted by Crippen LogP contribution is 2.20. The molecule has 3 rings (SSSR count). The standard InChI is InChI=1S/C13H12N4O2S/c1-7(11-5-20-6-14-11)15-8-2-3-9-10(4-8)17-13(19)12(18)16-9/h2-7,15H,1H3,(H,16,18)(H,17,19). The summed E-state index contributed by atoms with van der Waals surface area (Å²) in [7, 11) is 0. The Hall–Kier alpha value is -2.41. The minimum atomic E-state index is -0.651. The molecule has 0 aliphatic carbocycles. The average Bonchev–Trinajstić information content (AvgIpc) is 2.94. The summed E-state index contributed by atoms with van der Waals surface area (Å²) in [4.78, 5) is 31.9. The zero-order chi connectivity index (χ0) is 14.1. The number of aromatic nitrogens is 3. The molecule has 0 fully saturated rings. The Balaban J connectivity index is 1.95. The van der Waals surface area contributed by atoms with Crippen LogP contribution in [0.1, 0.15) is 18.7 Å². The molecule has 0 saturated carbocycles. The van der Waals surface area contributed by atoms with Gasteiger partial charge in [-0.25, -0.2) is 4.98 Å². The Kier molecular flexibility index (Phi) is 3.11. The summed E-state index contributed by atoms with van der Waals surface area (Å²) in [5.41, 5.74) is 3.49. The molecule has 0 bridgehead atoms. The summed E-state index contributed by atoms with van der Waals surface area (Å²) < 4.78 is 0. The van der Waals surface area contributed by atoms with E-state index in [1.165, 1.54) is 0 Å². The second-order valence-electron chi connectivity index (χ2n) is 4.45. The molecule has 0 spiro atoms. The van der Waals surface area contributed by atoms with Crippen molar-refractivity contribution in [1.29, 1.82) is 0 Å². The van der Waals surface area contributed by atoms with E-state index in [2.05, 4.69) is 20.3 Å². The van der Waals surface area contributed by atoms with Crippen LogP contribution in [0, 0.1) is 0 Å². The smallest absolute Gasteiger partial charge is 0.314 e. The number of nitrogens with zero attached hydrogens (tertiary/aromatic N) is 1. The molecule has 2 aromatic heterocycles. The quantitative estimate of drug-likeness (QED) is 0.641. The van der Waals surface area contributed by atoms with Gasteiger partial charge >= 0.3 is 11.1 Å². The number of thiazole rings is 1. The molecule has 2 heterocycles. The Labute approximate surface area is 117 Å². The molecule has 0 radical (unpaired) electrons. The Morgan fingerprint density at radius 2 is 1.95 bits per heavy atom. The lowest BCUT2D eigenvalue weighted by Gasteiger charge is -2.13. The van der Waals surface area contributed by atoms with Crippen molar-refractivity contribution in [3.05, 3.63) is 55.5 Å². The predicted molar refractivity (Wildman–Crippen MR) is 79.3 cm³/mol. The fraction of sp³-hybridized carbons (Fsp3) is 0.154. The van der Waals surface area contributed by atoms with Crippen LogP contribution in [0.5, 0.6) is 0 Å². The Bertz CT molecular complexity index is 851. The van der Waals surface area contributed by atoms with Crippen molar-refractivity contribution in [1.82, 2.24) is 15.0 Å². The van der Waals surface area contributed by atoms with Crippen molar-refractivity contribution in [3.63, 3.8) is 0 Å². The molecule has 6 nitrogen and oxygen atoms in total. The monoisotopic (exact) mass is 288 g/mol. The van der Waals surface area contributed by atoms with Crippen LogP contribution in [0.4, 0.5) is 5.69 Å². The van der Waals surface area contributed by atoms with Gasteiger partial charge in [0.15, 0.2) is 0 Å². The third-order valence-corrected chi connectivity index (χ3v) is 3.61. The third kappa shape index (κ3) is 2.35. The molecule has 1 atom stereocenters. The number of anilines is 1. The molecule has 3 aromatic rings. The number of nitrogens with one attached hydrogen (secondary N) is 3. The number of hydrogen-bond donors (Lipinski definition) is 3. The molecule has 7 heteroatoms. The SMILES string of the molecule is CC(Nc1ccc2[nH]c(=O)c(=O)[nH]c2c1)c1cscn1. The maximum absolute atomic E-state index is 11.3. The van der Waals surface area contributed by atoms with Crippen molar-refractivity contribution < 1.29 is 0 Å². The van der Waals surface area contributed by atoms with Crippen molar-refractivity contribution in [2.75, 3.05) is 5.32 Å². The van der Waals surface area contributed by atoms with E-state index in [1.54, 1.807) is 29.0 Å². The van der Waals surface area contributed by atoms with E-state index in [4.69, 9.17) is 0 Å². The first-order chi connectivity index (χ1) is 9.63. The van der Waals surface area contributed by atoms with E-state index in [1.807, 2.05) is 18.4 Å². The molecule has 0 aliphatic heterocycles. The summed E-state index contributed by atoms with van der Waals surface area (Å²) in [5, 5.41) is 5.28. The van der Waals surface area contributed by atoms with Gasteiger partial charge in [0, 0.05) is 11.1 Å². The van der Waals surface area contributed by atoms with Gasteiger partial charge in [-0.05, 0) is 25.1 Å². The molecular formula is C13H12N4O2S. The van der Waals surface area contributed by atoms with Crippen LogP contribution in [0.2, 0.25) is 0 Å². The van der Waals surface area contributed by atoms with E-state index < -0.39 is 11.1 Å². The average molecular weight is 288 g/mol. The van der Waals surface area contributed by atoms with Crippen molar-refractivity contribution in [2.45, 2.75) is 13.0 Å². The molecule has 0 amide bonds. The summed E-state index contributed by atoms with van der Waals surface area (Å²) >= 11 is 1.55. The first kappa shape index (κ1) is 12.6. The van der Waals surface area contributed by atoms with Gasteiger partial charge in [-0.3, -0.25) is 9.59 Å². The number of rotatable bonds is 3. The molecule has 102 valence electrons. The topological polar surface area (TPSA) is 90.6 Å². The van der Waals surface area contributed by atoms with Crippen LogP contribution in [-0.2, 0) is 0 Å². The molecule has 1 aromatic carbocycles. The van der Waals surface area contributed by atoms with Crippen LogP contribution in [0.15, 0.2) is 38.7 Å². The van der Waals surface area contributed by atoms with Crippen molar-refractivity contribution >= 4 is 28.1 Å². The van der Waals surface area contributed by atoms with E-state index in [-0.39, 0.29) is 6.04 Å². The number of fused-ring (bicyclic) bond motifs is 1. The second-order valence-corrected chi connectivity index (χ2v) is 5.17. The molecule has 3 N–H and O–H groups in total. The van der Waals surface area contributed by atoms with Crippen molar-refractivity contribution in [3.8, 4) is 0 Å². The number of aromatic amines is 2. The minimum Gasteiger partial charge on any atom is -0.377 e. The Morgan fingerprint density at radius 3 is 2.65 bits per heavy atom. The molecule has 0 aliphatic rings. The van der Waals surface area contributed by atoms with E-state index >= 15 is 0 Å². The summed E-state index contributed by atoms with van der Waals surface area (Å²) in [6.07, 6.45) is 0. The largest absolute Gasteiger partial charge is 0.377 e. The molecule has 1 unspecified atom stereocenters. The van der Waals surface area contributed by atoms with E-state index in [0.717, 1.165) is 11.4 Å². The van der Waals surface area contributed by atoms with Gasteiger partial charge in [-0.15, -0.1) is 11.3 Å². The normalized spacial score (nSPS) is 12.4. The maximum Gasteiger partial charge on any atom is 0.314 e. The van der Waals surface area contributed by atoms with Gasteiger partial charge in [0.2, 0.25) is 0 Å². The van der Waals surface area contributed by atoms with Crippen LogP contribution in [0.25, 0.3) is 11.0 Å². The van der Waals surface area contributed by atoms with Crippen LogP contribution in [-0.4, -0.2) is 15.0 Å². The lowest BCUT2D eigenvalue weighted by molar-refractivity contribution is 0.850. The van der Waals surface area contributed by atoms with Crippen LogP contribution in [0.3, 0.4) is 0 Å². The highest BCUT2D eigenvalue weighted by molar-refractivity contribution is 7.07. The number of benzene rings is 1. The molecular weight excluding hydrogens is 276 g/mol. The first-order valence-corrected chi connectivity index (χ1v) is 6.99. The minimum absolute atomic E-state index is 0.0631. The zero-order valence-corrected chi connectivity index (χ0v) is 11.5. The summed E-state index contributed by atoms with van der Waals surface area (Å²) in [5.74, 6) is 0. The van der Waals surface area contributed by atoms with Crippen LogP contribution >= 0.6 is 11.3 Å². The van der Waals surface area contributed by atoms with E-state index in [0.29, 0.717) is 11.0 Å². The highest BCUT2D eigenvalue weighted by Gasteiger charge is 2.08.